The highest BCUT2D eigenvalue weighted by molar-refractivity contribution is 7.14. The van der Waals surface area contributed by atoms with E-state index in [0.29, 0.717) is 0 Å². The molecule has 0 saturated carbocycles. The second-order valence-corrected chi connectivity index (χ2v) is 4.40. The van der Waals surface area contributed by atoms with E-state index < -0.39 is 0 Å². The Labute approximate surface area is 87.7 Å². The Morgan fingerprint density at radius 3 is 2.79 bits per heavy atom. The van der Waals surface area contributed by atoms with E-state index in [4.69, 9.17) is 0 Å². The number of nitrogens with zero attached hydrogens (tertiary/aromatic N) is 1. The van der Waals surface area contributed by atoms with Gasteiger partial charge in [0.1, 0.15) is 0 Å². The maximum atomic E-state index is 11.7. The quantitative estimate of drug-likeness (QED) is 0.759. The molecular weight excluding hydrogens is 196 g/mol. The Balaban J connectivity index is 1.88. The Morgan fingerprint density at radius 1 is 1.36 bits per heavy atom. The van der Waals surface area contributed by atoms with Crippen molar-refractivity contribution in [1.29, 1.82) is 0 Å². The predicted molar refractivity (Wildman–Crippen MR) is 58.8 cm³/mol. The lowest BCUT2D eigenvalue weighted by Gasteiger charge is -2.26. The standard InChI is InChI=1S/C10H14N2OS/c13-10(11-9-5-4-8-14-9)12-6-2-1-3-7-12/h4-5,8H,1-3,6-7H2,(H,11,13). The molecule has 2 rings (SSSR count). The van der Waals surface area contributed by atoms with Crippen molar-refractivity contribution in [3.05, 3.63) is 17.5 Å². The third-order valence-corrected chi connectivity index (χ3v) is 3.18. The largest absolute Gasteiger partial charge is 0.325 e. The lowest BCUT2D eigenvalue weighted by molar-refractivity contribution is 0.200. The van der Waals surface area contributed by atoms with E-state index in [1.807, 2.05) is 22.4 Å². The second-order valence-electron chi connectivity index (χ2n) is 3.46. The summed E-state index contributed by atoms with van der Waals surface area (Å²) in [5.74, 6) is 0. The Bertz CT molecular complexity index is 291. The summed E-state index contributed by atoms with van der Waals surface area (Å²) in [6.45, 7) is 1.80. The normalized spacial score (nSPS) is 16.7. The highest BCUT2D eigenvalue weighted by atomic mass is 32.1. The summed E-state index contributed by atoms with van der Waals surface area (Å²) in [7, 11) is 0. The molecule has 4 heteroatoms. The van der Waals surface area contributed by atoms with E-state index in [1.165, 1.54) is 6.42 Å². The zero-order chi connectivity index (χ0) is 9.80. The van der Waals surface area contributed by atoms with Crippen molar-refractivity contribution in [2.24, 2.45) is 0 Å². The van der Waals surface area contributed by atoms with Gasteiger partial charge in [-0.15, -0.1) is 11.3 Å². The maximum Gasteiger partial charge on any atom is 0.322 e. The van der Waals surface area contributed by atoms with Crippen LogP contribution >= 0.6 is 11.3 Å². The van der Waals surface area contributed by atoms with Crippen LogP contribution in [0.2, 0.25) is 0 Å². The number of urea groups is 1. The molecule has 1 saturated heterocycles. The van der Waals surface area contributed by atoms with Gasteiger partial charge in [-0.2, -0.15) is 0 Å². The van der Waals surface area contributed by atoms with Crippen molar-refractivity contribution in [2.45, 2.75) is 19.3 Å². The molecular formula is C10H14N2OS. The molecule has 0 aliphatic carbocycles. The van der Waals surface area contributed by atoms with Gasteiger partial charge < -0.3 is 4.90 Å². The van der Waals surface area contributed by atoms with E-state index in [-0.39, 0.29) is 6.03 Å². The van der Waals surface area contributed by atoms with Gasteiger partial charge in [0.05, 0.1) is 5.00 Å². The second kappa shape index (κ2) is 4.46. The minimum atomic E-state index is 0.0483. The fraction of sp³-hybridized carbons (Fsp3) is 0.500. The van der Waals surface area contributed by atoms with Crippen molar-refractivity contribution in [1.82, 2.24) is 4.90 Å². The first-order chi connectivity index (χ1) is 6.86. The summed E-state index contributed by atoms with van der Waals surface area (Å²) in [5, 5.41) is 5.79. The van der Waals surface area contributed by atoms with Crippen molar-refractivity contribution in [2.75, 3.05) is 18.4 Å². The maximum absolute atomic E-state index is 11.7. The Kier molecular flexibility index (Phi) is 3.03. The smallest absolute Gasteiger partial charge is 0.322 e. The number of carbonyl (C=O) groups excluding carboxylic acids is 1. The van der Waals surface area contributed by atoms with Crippen LogP contribution in [0.5, 0.6) is 0 Å². The average molecular weight is 210 g/mol. The SMILES string of the molecule is O=C(Nc1cccs1)N1CCCCC1. The summed E-state index contributed by atoms with van der Waals surface area (Å²) in [5.41, 5.74) is 0. The third-order valence-electron chi connectivity index (χ3n) is 2.39. The molecule has 1 aromatic heterocycles. The summed E-state index contributed by atoms with van der Waals surface area (Å²) in [6, 6.07) is 3.91. The lowest BCUT2D eigenvalue weighted by Crippen LogP contribution is -2.38. The van der Waals surface area contributed by atoms with Crippen molar-refractivity contribution in [3.8, 4) is 0 Å². The molecule has 0 aromatic carbocycles. The number of piperidine rings is 1. The average Bonchev–Trinajstić information content (AvgIpc) is 2.72. The van der Waals surface area contributed by atoms with Gasteiger partial charge in [-0.3, -0.25) is 5.32 Å². The van der Waals surface area contributed by atoms with Crippen LogP contribution in [-0.4, -0.2) is 24.0 Å². The van der Waals surface area contributed by atoms with Gasteiger partial charge in [0, 0.05) is 13.1 Å². The molecule has 2 amide bonds. The molecule has 0 radical (unpaired) electrons. The monoisotopic (exact) mass is 210 g/mol. The number of likely N-dealkylation sites (tertiary alicyclic amines) is 1. The number of anilines is 1. The van der Waals surface area contributed by atoms with Crippen LogP contribution in [-0.2, 0) is 0 Å². The molecule has 1 fully saturated rings. The molecule has 1 aliphatic rings. The van der Waals surface area contributed by atoms with Gasteiger partial charge in [-0.05, 0) is 36.8 Å². The zero-order valence-electron chi connectivity index (χ0n) is 8.03. The van der Waals surface area contributed by atoms with Crippen LogP contribution in [0.4, 0.5) is 9.80 Å². The van der Waals surface area contributed by atoms with E-state index in [2.05, 4.69) is 5.32 Å². The van der Waals surface area contributed by atoms with Crippen LogP contribution in [0, 0.1) is 0 Å². The predicted octanol–water partition coefficient (Wildman–Crippen LogP) is 2.77. The van der Waals surface area contributed by atoms with E-state index in [0.717, 1.165) is 30.9 Å². The van der Waals surface area contributed by atoms with Gasteiger partial charge in [0.15, 0.2) is 0 Å². The molecule has 0 spiro atoms. The number of thiophene rings is 1. The van der Waals surface area contributed by atoms with E-state index in [9.17, 15) is 4.79 Å². The highest BCUT2D eigenvalue weighted by Crippen LogP contribution is 2.17. The van der Waals surface area contributed by atoms with Crippen molar-refractivity contribution >= 4 is 22.4 Å². The van der Waals surface area contributed by atoms with Crippen LogP contribution in [0.3, 0.4) is 0 Å². The molecule has 1 N–H and O–H groups in total. The van der Waals surface area contributed by atoms with Gasteiger partial charge >= 0.3 is 6.03 Å². The van der Waals surface area contributed by atoms with Gasteiger partial charge in [0.25, 0.3) is 0 Å². The molecule has 14 heavy (non-hydrogen) atoms. The first-order valence-electron chi connectivity index (χ1n) is 4.96. The van der Waals surface area contributed by atoms with Crippen LogP contribution < -0.4 is 5.32 Å². The summed E-state index contributed by atoms with van der Waals surface area (Å²) in [6.07, 6.45) is 3.53. The van der Waals surface area contributed by atoms with E-state index in [1.54, 1.807) is 11.3 Å². The Morgan fingerprint density at radius 2 is 2.14 bits per heavy atom. The van der Waals surface area contributed by atoms with E-state index >= 15 is 0 Å². The minimum Gasteiger partial charge on any atom is -0.325 e. The fourth-order valence-corrected chi connectivity index (χ4v) is 2.24. The number of hydrogen-bond donors (Lipinski definition) is 1. The van der Waals surface area contributed by atoms with Crippen LogP contribution in [0.1, 0.15) is 19.3 Å². The zero-order valence-corrected chi connectivity index (χ0v) is 8.85. The molecule has 1 aromatic rings. The summed E-state index contributed by atoms with van der Waals surface area (Å²) >= 11 is 1.56. The number of hydrogen-bond acceptors (Lipinski definition) is 2. The number of amides is 2. The molecule has 76 valence electrons. The molecule has 1 aliphatic heterocycles. The number of nitrogens with one attached hydrogen (secondary N) is 1. The fourth-order valence-electron chi connectivity index (χ4n) is 1.63. The number of rotatable bonds is 1. The minimum absolute atomic E-state index is 0.0483. The van der Waals surface area contributed by atoms with Crippen molar-refractivity contribution in [3.63, 3.8) is 0 Å². The summed E-state index contributed by atoms with van der Waals surface area (Å²) < 4.78 is 0. The van der Waals surface area contributed by atoms with Crippen molar-refractivity contribution < 1.29 is 4.79 Å². The summed E-state index contributed by atoms with van der Waals surface area (Å²) in [4.78, 5) is 13.6. The highest BCUT2D eigenvalue weighted by Gasteiger charge is 2.16. The molecule has 0 bridgehead atoms. The van der Waals surface area contributed by atoms with Gasteiger partial charge in [-0.25, -0.2) is 4.79 Å². The molecule has 0 unspecified atom stereocenters. The van der Waals surface area contributed by atoms with Crippen LogP contribution in [0.25, 0.3) is 0 Å². The Hall–Kier alpha value is -1.03. The number of carbonyl (C=O) groups is 1. The topological polar surface area (TPSA) is 32.3 Å². The molecule has 3 nitrogen and oxygen atoms in total. The molecule has 0 atom stereocenters. The lowest BCUT2D eigenvalue weighted by atomic mass is 10.1. The van der Waals surface area contributed by atoms with Gasteiger partial charge in [-0.1, -0.05) is 0 Å². The first-order valence-corrected chi connectivity index (χ1v) is 5.84. The molecule has 2 heterocycles. The first kappa shape index (κ1) is 9.52. The van der Waals surface area contributed by atoms with Gasteiger partial charge in [0.2, 0.25) is 0 Å². The van der Waals surface area contributed by atoms with Crippen LogP contribution in [0.15, 0.2) is 17.5 Å². The third kappa shape index (κ3) is 2.26.